The largest absolute Gasteiger partial charge is 0.506 e. The first-order valence-electron chi connectivity index (χ1n) is 3.52. The van der Waals surface area contributed by atoms with Crippen molar-refractivity contribution < 1.29 is 5.11 Å². The average Bonchev–Trinajstić information content (AvgIpc) is 2.41. The molecular formula is C8H7ClN2O. The first kappa shape index (κ1) is 7.43. The summed E-state index contributed by atoms with van der Waals surface area (Å²) in [5.74, 6) is 0.176. The Morgan fingerprint density at radius 2 is 2.25 bits per heavy atom. The smallest absolute Gasteiger partial charge is 0.201 e. The summed E-state index contributed by atoms with van der Waals surface area (Å²) in [6.07, 6.45) is 0. The summed E-state index contributed by atoms with van der Waals surface area (Å²) >= 11 is 5.65. The molecule has 0 bridgehead atoms. The topological polar surface area (TPSA) is 48.9 Å². The molecule has 1 aromatic heterocycles. The van der Waals surface area contributed by atoms with Crippen LogP contribution in [0.2, 0.25) is 5.28 Å². The molecule has 4 heteroatoms. The van der Waals surface area contributed by atoms with Crippen LogP contribution in [0.3, 0.4) is 0 Å². The van der Waals surface area contributed by atoms with Gasteiger partial charge in [0.05, 0.1) is 5.52 Å². The van der Waals surface area contributed by atoms with Gasteiger partial charge in [-0.15, -0.1) is 0 Å². The van der Waals surface area contributed by atoms with Crippen molar-refractivity contribution in [1.82, 2.24) is 9.97 Å². The minimum atomic E-state index is 0.176. The molecule has 0 aliphatic heterocycles. The van der Waals surface area contributed by atoms with Crippen molar-refractivity contribution in [2.24, 2.45) is 0 Å². The molecule has 2 N–H and O–H groups in total. The number of phenolic OH excluding ortho intramolecular Hbond substituents is 1. The van der Waals surface area contributed by atoms with Crippen molar-refractivity contribution in [3.05, 3.63) is 23.0 Å². The van der Waals surface area contributed by atoms with E-state index < -0.39 is 0 Å². The minimum Gasteiger partial charge on any atom is -0.506 e. The molecule has 0 aliphatic rings. The lowest BCUT2D eigenvalue weighted by Crippen LogP contribution is -1.76. The molecule has 12 heavy (non-hydrogen) atoms. The van der Waals surface area contributed by atoms with Crippen molar-refractivity contribution in [1.29, 1.82) is 0 Å². The Bertz CT molecular complexity index is 397. The highest BCUT2D eigenvalue weighted by Gasteiger charge is 2.06. The number of fused-ring (bicyclic) bond motifs is 1. The molecule has 2 aromatic rings. The zero-order valence-corrected chi connectivity index (χ0v) is 7.18. The Kier molecular flexibility index (Phi) is 1.48. The molecule has 0 atom stereocenters. The number of aromatic nitrogens is 2. The van der Waals surface area contributed by atoms with Crippen molar-refractivity contribution >= 4 is 22.6 Å². The zero-order valence-electron chi connectivity index (χ0n) is 6.43. The molecule has 0 aliphatic carbocycles. The summed E-state index contributed by atoms with van der Waals surface area (Å²) in [5, 5.41) is 9.68. The number of nitrogens with zero attached hydrogens (tertiary/aromatic N) is 1. The maximum absolute atomic E-state index is 9.38. The minimum absolute atomic E-state index is 0.176. The molecular weight excluding hydrogens is 176 g/mol. The van der Waals surface area contributed by atoms with Crippen LogP contribution in [0, 0.1) is 6.92 Å². The average molecular weight is 183 g/mol. The normalized spacial score (nSPS) is 10.8. The van der Waals surface area contributed by atoms with E-state index in [2.05, 4.69) is 9.97 Å². The van der Waals surface area contributed by atoms with E-state index in [9.17, 15) is 5.11 Å². The fourth-order valence-electron chi connectivity index (χ4n) is 1.18. The molecule has 3 nitrogen and oxygen atoms in total. The van der Waals surface area contributed by atoms with E-state index in [0.717, 1.165) is 11.1 Å². The van der Waals surface area contributed by atoms with Crippen molar-refractivity contribution in [2.45, 2.75) is 6.92 Å². The van der Waals surface area contributed by atoms with Gasteiger partial charge in [-0.2, -0.15) is 0 Å². The summed E-state index contributed by atoms with van der Waals surface area (Å²) in [6, 6.07) is 3.42. The van der Waals surface area contributed by atoms with Gasteiger partial charge in [-0.3, -0.25) is 0 Å². The van der Waals surface area contributed by atoms with Crippen LogP contribution in [0.25, 0.3) is 11.0 Å². The van der Waals surface area contributed by atoms with Gasteiger partial charge in [0, 0.05) is 0 Å². The first-order valence-corrected chi connectivity index (χ1v) is 3.90. The number of imidazole rings is 1. The maximum atomic E-state index is 9.38. The van der Waals surface area contributed by atoms with E-state index >= 15 is 0 Å². The molecule has 0 unspecified atom stereocenters. The third-order valence-corrected chi connectivity index (χ3v) is 1.97. The highest BCUT2D eigenvalue weighted by molar-refractivity contribution is 6.29. The van der Waals surface area contributed by atoms with Crippen molar-refractivity contribution in [3.63, 3.8) is 0 Å². The molecule has 0 fully saturated rings. The Morgan fingerprint density at radius 3 is 2.92 bits per heavy atom. The van der Waals surface area contributed by atoms with Crippen LogP contribution in [0.4, 0.5) is 0 Å². The zero-order chi connectivity index (χ0) is 8.72. The Hall–Kier alpha value is -1.22. The molecule has 0 spiro atoms. The van der Waals surface area contributed by atoms with Gasteiger partial charge in [0.15, 0.2) is 0 Å². The Balaban J connectivity index is 2.93. The predicted molar refractivity (Wildman–Crippen MR) is 47.5 cm³/mol. The summed E-state index contributed by atoms with van der Waals surface area (Å²) in [4.78, 5) is 6.80. The Morgan fingerprint density at radius 1 is 1.50 bits per heavy atom. The SMILES string of the molecule is Cc1ccc(O)c2[nH]c(Cl)nc12. The van der Waals surface area contributed by atoms with Gasteiger partial charge in [0.1, 0.15) is 11.3 Å². The van der Waals surface area contributed by atoms with Crippen LogP contribution >= 0.6 is 11.6 Å². The van der Waals surface area contributed by atoms with Gasteiger partial charge in [-0.05, 0) is 30.2 Å². The third-order valence-electron chi connectivity index (χ3n) is 1.80. The summed E-state index contributed by atoms with van der Waals surface area (Å²) in [5.41, 5.74) is 2.31. The summed E-state index contributed by atoms with van der Waals surface area (Å²) < 4.78 is 0. The highest BCUT2D eigenvalue weighted by atomic mass is 35.5. The fourth-order valence-corrected chi connectivity index (χ4v) is 1.36. The fraction of sp³-hybridized carbons (Fsp3) is 0.125. The van der Waals surface area contributed by atoms with Gasteiger partial charge in [-0.25, -0.2) is 4.98 Å². The molecule has 0 saturated carbocycles. The maximum Gasteiger partial charge on any atom is 0.201 e. The Labute approximate surface area is 74.0 Å². The number of H-pyrrole nitrogens is 1. The molecule has 0 amide bonds. The summed E-state index contributed by atoms with van der Waals surface area (Å²) in [6.45, 7) is 1.92. The monoisotopic (exact) mass is 182 g/mol. The van der Waals surface area contributed by atoms with Crippen molar-refractivity contribution in [3.8, 4) is 5.75 Å². The molecule has 2 rings (SSSR count). The van der Waals surface area contributed by atoms with E-state index in [1.165, 1.54) is 0 Å². The van der Waals surface area contributed by atoms with Crippen LogP contribution in [0.1, 0.15) is 5.56 Å². The number of halogens is 1. The van der Waals surface area contributed by atoms with Gasteiger partial charge in [0.25, 0.3) is 0 Å². The lowest BCUT2D eigenvalue weighted by Gasteiger charge is -1.95. The predicted octanol–water partition coefficient (Wildman–Crippen LogP) is 2.23. The molecule has 62 valence electrons. The number of aromatic hydroxyl groups is 1. The second-order valence-electron chi connectivity index (χ2n) is 2.65. The standard InChI is InChI=1S/C8H7ClN2O/c1-4-2-3-5(12)7-6(4)10-8(9)11-7/h2-3,12H,1H3,(H,10,11). The number of nitrogens with one attached hydrogen (secondary N) is 1. The number of aryl methyl sites for hydroxylation is 1. The van der Waals surface area contributed by atoms with E-state index in [0.29, 0.717) is 10.8 Å². The molecule has 1 aromatic carbocycles. The number of hydrogen-bond donors (Lipinski definition) is 2. The lowest BCUT2D eigenvalue weighted by atomic mass is 10.2. The molecule has 0 saturated heterocycles. The van der Waals surface area contributed by atoms with Crippen LogP contribution in [0.15, 0.2) is 12.1 Å². The number of hydrogen-bond acceptors (Lipinski definition) is 2. The van der Waals surface area contributed by atoms with E-state index in [1.807, 2.05) is 6.92 Å². The van der Waals surface area contributed by atoms with Crippen LogP contribution in [-0.4, -0.2) is 15.1 Å². The number of benzene rings is 1. The van der Waals surface area contributed by atoms with E-state index in [4.69, 9.17) is 11.6 Å². The van der Waals surface area contributed by atoms with Gasteiger partial charge < -0.3 is 10.1 Å². The first-order chi connectivity index (χ1) is 5.68. The second-order valence-corrected chi connectivity index (χ2v) is 3.01. The quantitative estimate of drug-likeness (QED) is 0.657. The second kappa shape index (κ2) is 2.38. The lowest BCUT2D eigenvalue weighted by molar-refractivity contribution is 0.480. The highest BCUT2D eigenvalue weighted by Crippen LogP contribution is 2.26. The molecule has 0 radical (unpaired) electrons. The number of rotatable bonds is 0. The summed E-state index contributed by atoms with van der Waals surface area (Å²) in [7, 11) is 0. The van der Waals surface area contributed by atoms with Crippen LogP contribution in [-0.2, 0) is 0 Å². The van der Waals surface area contributed by atoms with E-state index in [1.54, 1.807) is 12.1 Å². The van der Waals surface area contributed by atoms with Crippen molar-refractivity contribution in [2.75, 3.05) is 0 Å². The van der Waals surface area contributed by atoms with Crippen LogP contribution < -0.4 is 0 Å². The van der Waals surface area contributed by atoms with Gasteiger partial charge >= 0.3 is 0 Å². The van der Waals surface area contributed by atoms with E-state index in [-0.39, 0.29) is 5.75 Å². The van der Waals surface area contributed by atoms with Gasteiger partial charge in [0.2, 0.25) is 5.28 Å². The number of phenols is 1. The number of aromatic amines is 1. The van der Waals surface area contributed by atoms with Gasteiger partial charge in [-0.1, -0.05) is 6.07 Å². The third kappa shape index (κ3) is 0.940. The van der Waals surface area contributed by atoms with Crippen LogP contribution in [0.5, 0.6) is 5.75 Å². The molecule has 1 heterocycles.